The Morgan fingerprint density at radius 2 is 2.26 bits per heavy atom. The molecule has 0 amide bonds. The van der Waals surface area contributed by atoms with Crippen LogP contribution in [0.15, 0.2) is 23.1 Å². The van der Waals surface area contributed by atoms with E-state index in [1.54, 1.807) is 0 Å². The van der Waals surface area contributed by atoms with Crippen molar-refractivity contribution >= 4 is 24.2 Å². The lowest BCUT2D eigenvalue weighted by atomic mass is 9.83. The first kappa shape index (κ1) is 15.0. The number of fused-ring (bicyclic) bond motifs is 3. The Hall–Kier alpha value is -0.380. The van der Waals surface area contributed by atoms with E-state index in [-0.39, 0.29) is 12.4 Å². The van der Waals surface area contributed by atoms with Gasteiger partial charge in [-0.2, -0.15) is 0 Å². The van der Waals surface area contributed by atoms with E-state index in [0.29, 0.717) is 17.7 Å². The Morgan fingerprint density at radius 3 is 3.05 bits per heavy atom. The van der Waals surface area contributed by atoms with E-state index in [1.165, 1.54) is 37.9 Å². The maximum Gasteiger partial charge on any atom is 0.129 e. The van der Waals surface area contributed by atoms with Crippen molar-refractivity contribution in [3.63, 3.8) is 0 Å². The zero-order valence-electron chi connectivity index (χ0n) is 11.3. The first-order valence-corrected chi connectivity index (χ1v) is 7.98. The summed E-state index contributed by atoms with van der Waals surface area (Å²) < 4.78 is 0. The van der Waals surface area contributed by atoms with Crippen molar-refractivity contribution in [2.45, 2.75) is 43.0 Å². The Morgan fingerprint density at radius 1 is 1.42 bits per heavy atom. The molecule has 19 heavy (non-hydrogen) atoms. The van der Waals surface area contributed by atoms with Crippen LogP contribution >= 0.6 is 24.2 Å². The van der Waals surface area contributed by atoms with E-state index in [1.807, 2.05) is 23.9 Å². The van der Waals surface area contributed by atoms with Gasteiger partial charge >= 0.3 is 0 Å². The molecule has 0 saturated carbocycles. The van der Waals surface area contributed by atoms with Crippen molar-refractivity contribution in [1.29, 1.82) is 0 Å². The summed E-state index contributed by atoms with van der Waals surface area (Å²) in [6.45, 7) is 4.74. The van der Waals surface area contributed by atoms with Crippen LogP contribution < -0.4 is 0 Å². The lowest BCUT2D eigenvalue weighted by Gasteiger charge is -2.44. The maximum absolute atomic E-state index is 9.98. The van der Waals surface area contributed by atoms with Gasteiger partial charge in [-0.1, -0.05) is 19.1 Å². The molecule has 1 aromatic rings. The average Bonchev–Trinajstić information content (AvgIpc) is 2.40. The Balaban J connectivity index is 0.00000133. The standard InChI is InChI=1S/C15H21NOS.ClH/c1-2-8-16-9-4-6-11-12-5-3-7-14(17)15(12)18-10-13(11)16;/h3,5,7,11,13,17H,2,4,6,8-10H2,1H3;1H/t11-,13-;/m1./s1. The molecule has 4 heteroatoms. The van der Waals surface area contributed by atoms with Crippen molar-refractivity contribution in [1.82, 2.24) is 4.90 Å². The van der Waals surface area contributed by atoms with Gasteiger partial charge < -0.3 is 5.11 Å². The lowest BCUT2D eigenvalue weighted by molar-refractivity contribution is 0.139. The molecule has 0 radical (unpaired) electrons. The molecule has 1 aromatic carbocycles. The van der Waals surface area contributed by atoms with Crippen LogP contribution in [0.3, 0.4) is 0 Å². The second-order valence-corrected chi connectivity index (χ2v) is 6.39. The van der Waals surface area contributed by atoms with Crippen molar-refractivity contribution < 1.29 is 5.11 Å². The molecule has 3 rings (SSSR count). The Labute approximate surface area is 126 Å². The molecule has 1 fully saturated rings. The highest BCUT2D eigenvalue weighted by Gasteiger charge is 2.36. The molecule has 2 atom stereocenters. The van der Waals surface area contributed by atoms with Gasteiger partial charge in [0, 0.05) is 17.7 Å². The second-order valence-electron chi connectivity index (χ2n) is 5.36. The number of rotatable bonds is 2. The Kier molecular flexibility index (Phi) is 5.04. The van der Waals surface area contributed by atoms with Gasteiger partial charge in [0.15, 0.2) is 0 Å². The summed E-state index contributed by atoms with van der Waals surface area (Å²) in [6, 6.07) is 6.71. The molecule has 0 aliphatic carbocycles. The minimum absolute atomic E-state index is 0. The predicted molar refractivity (Wildman–Crippen MR) is 83.7 cm³/mol. The van der Waals surface area contributed by atoms with Crippen molar-refractivity contribution in [2.75, 3.05) is 18.8 Å². The fraction of sp³-hybridized carbons (Fsp3) is 0.600. The number of hydrogen-bond donors (Lipinski definition) is 1. The van der Waals surface area contributed by atoms with Crippen LogP contribution in [0.25, 0.3) is 0 Å². The highest BCUT2D eigenvalue weighted by atomic mass is 35.5. The first-order valence-electron chi connectivity index (χ1n) is 7.00. The minimum Gasteiger partial charge on any atom is -0.507 e. The van der Waals surface area contributed by atoms with Crippen LogP contribution in [0.2, 0.25) is 0 Å². The number of nitrogens with zero attached hydrogens (tertiary/aromatic N) is 1. The minimum atomic E-state index is 0. The molecule has 0 unspecified atom stereocenters. The number of aromatic hydroxyl groups is 1. The lowest BCUT2D eigenvalue weighted by Crippen LogP contribution is -2.47. The van der Waals surface area contributed by atoms with Gasteiger partial charge in [-0.05, 0) is 44.0 Å². The summed E-state index contributed by atoms with van der Waals surface area (Å²) in [6.07, 6.45) is 3.81. The summed E-state index contributed by atoms with van der Waals surface area (Å²) in [5.41, 5.74) is 1.39. The van der Waals surface area contributed by atoms with Gasteiger partial charge in [0.25, 0.3) is 0 Å². The molecule has 1 saturated heterocycles. The summed E-state index contributed by atoms with van der Waals surface area (Å²) in [5, 5.41) is 9.98. The maximum atomic E-state index is 9.98. The smallest absolute Gasteiger partial charge is 0.129 e. The van der Waals surface area contributed by atoms with Gasteiger partial charge in [-0.3, -0.25) is 4.90 Å². The van der Waals surface area contributed by atoms with E-state index in [0.717, 1.165) is 10.6 Å². The summed E-state index contributed by atoms with van der Waals surface area (Å²) in [5.74, 6) is 2.24. The molecule has 2 nitrogen and oxygen atoms in total. The third kappa shape index (κ3) is 2.74. The summed E-state index contributed by atoms with van der Waals surface area (Å²) in [7, 11) is 0. The quantitative estimate of drug-likeness (QED) is 0.896. The third-order valence-corrected chi connectivity index (χ3v) is 5.47. The number of phenols is 1. The van der Waals surface area contributed by atoms with Crippen LogP contribution in [-0.2, 0) is 0 Å². The molecule has 0 bridgehead atoms. The number of thioether (sulfide) groups is 1. The molecular formula is C15H22ClNOS. The van der Waals surface area contributed by atoms with E-state index in [9.17, 15) is 5.11 Å². The predicted octanol–water partition coefficient (Wildman–Crippen LogP) is 3.88. The molecule has 0 aromatic heterocycles. The normalized spacial score (nSPS) is 26.2. The largest absolute Gasteiger partial charge is 0.507 e. The topological polar surface area (TPSA) is 23.5 Å². The van der Waals surface area contributed by atoms with Gasteiger partial charge in [0.1, 0.15) is 5.75 Å². The van der Waals surface area contributed by atoms with Crippen molar-refractivity contribution in [3.8, 4) is 5.75 Å². The van der Waals surface area contributed by atoms with E-state index in [4.69, 9.17) is 0 Å². The van der Waals surface area contributed by atoms with Gasteiger partial charge in [0.2, 0.25) is 0 Å². The van der Waals surface area contributed by atoms with Crippen LogP contribution in [0.5, 0.6) is 5.75 Å². The van der Waals surface area contributed by atoms with Crippen LogP contribution in [0.1, 0.15) is 37.7 Å². The van der Waals surface area contributed by atoms with Crippen molar-refractivity contribution in [3.05, 3.63) is 23.8 Å². The molecule has 2 heterocycles. The fourth-order valence-corrected chi connectivity index (χ4v) is 4.82. The highest BCUT2D eigenvalue weighted by molar-refractivity contribution is 7.99. The first-order chi connectivity index (χ1) is 8.81. The fourth-order valence-electron chi connectivity index (χ4n) is 3.44. The zero-order chi connectivity index (χ0) is 12.5. The molecular weight excluding hydrogens is 278 g/mol. The number of hydrogen-bond acceptors (Lipinski definition) is 3. The number of halogens is 1. The number of likely N-dealkylation sites (tertiary alicyclic amines) is 1. The molecule has 2 aliphatic heterocycles. The summed E-state index contributed by atoms with van der Waals surface area (Å²) in [4.78, 5) is 3.80. The van der Waals surface area contributed by atoms with Crippen molar-refractivity contribution in [2.24, 2.45) is 0 Å². The third-order valence-electron chi connectivity index (χ3n) is 4.23. The zero-order valence-corrected chi connectivity index (χ0v) is 13.0. The monoisotopic (exact) mass is 299 g/mol. The SMILES string of the molecule is CCCN1CCC[C@@H]2c3cccc(O)c3SC[C@H]21.Cl. The molecule has 1 N–H and O–H groups in total. The van der Waals surface area contributed by atoms with Gasteiger partial charge in [0.05, 0.1) is 4.90 Å². The summed E-state index contributed by atoms with van der Waals surface area (Å²) >= 11 is 1.84. The van der Waals surface area contributed by atoms with Crippen LogP contribution in [-0.4, -0.2) is 34.9 Å². The number of benzene rings is 1. The average molecular weight is 300 g/mol. The highest BCUT2D eigenvalue weighted by Crippen LogP contribution is 2.47. The van der Waals surface area contributed by atoms with E-state index in [2.05, 4.69) is 17.9 Å². The molecule has 0 spiro atoms. The number of piperidine rings is 1. The van der Waals surface area contributed by atoms with E-state index >= 15 is 0 Å². The second kappa shape index (κ2) is 6.38. The number of phenolic OH excluding ortho intramolecular Hbond substituents is 1. The molecule has 106 valence electrons. The molecule has 2 aliphatic rings. The Bertz CT molecular complexity index is 438. The van der Waals surface area contributed by atoms with E-state index < -0.39 is 0 Å². The van der Waals surface area contributed by atoms with Crippen LogP contribution in [0, 0.1) is 0 Å². The van der Waals surface area contributed by atoms with Gasteiger partial charge in [-0.15, -0.1) is 24.2 Å². The van der Waals surface area contributed by atoms with Crippen LogP contribution in [0.4, 0.5) is 0 Å². The van der Waals surface area contributed by atoms with Gasteiger partial charge in [-0.25, -0.2) is 0 Å².